The highest BCUT2D eigenvalue weighted by Crippen LogP contribution is 2.27. The number of rotatable bonds is 6. The topological polar surface area (TPSA) is 58.4 Å². The van der Waals surface area contributed by atoms with Gasteiger partial charge in [0.25, 0.3) is 0 Å². The third kappa shape index (κ3) is 4.49. The van der Waals surface area contributed by atoms with Crippen molar-refractivity contribution in [3.63, 3.8) is 0 Å². The van der Waals surface area contributed by atoms with Crippen LogP contribution < -0.4 is 11.1 Å². The number of nitrogens with zero attached hydrogens (tertiary/aromatic N) is 1. The average Bonchev–Trinajstić information content (AvgIpc) is 2.76. The van der Waals surface area contributed by atoms with Gasteiger partial charge in [-0.15, -0.1) is 0 Å². The largest absolute Gasteiger partial charge is 0.352 e. The minimum absolute atomic E-state index is 0.135. The summed E-state index contributed by atoms with van der Waals surface area (Å²) in [4.78, 5) is 13.7. The molecule has 1 amide bonds. The summed E-state index contributed by atoms with van der Waals surface area (Å²) < 4.78 is 0. The van der Waals surface area contributed by atoms with E-state index < -0.39 is 0 Å². The van der Waals surface area contributed by atoms with Crippen molar-refractivity contribution in [3.8, 4) is 0 Å². The predicted octanol–water partition coefficient (Wildman–Crippen LogP) is 0.572. The van der Waals surface area contributed by atoms with E-state index in [0.717, 1.165) is 6.54 Å². The van der Waals surface area contributed by atoms with Crippen LogP contribution in [0, 0.1) is 5.92 Å². The van der Waals surface area contributed by atoms with Gasteiger partial charge in [-0.2, -0.15) is 0 Å². The van der Waals surface area contributed by atoms with Gasteiger partial charge in [0.2, 0.25) is 5.91 Å². The van der Waals surface area contributed by atoms with Crippen LogP contribution in [0.15, 0.2) is 0 Å². The summed E-state index contributed by atoms with van der Waals surface area (Å²) in [5.41, 5.74) is 5.73. The Morgan fingerprint density at radius 1 is 1.44 bits per heavy atom. The smallest absolute Gasteiger partial charge is 0.221 e. The maximum atomic E-state index is 11.7. The first kappa shape index (κ1) is 13.5. The van der Waals surface area contributed by atoms with Crippen molar-refractivity contribution in [2.75, 3.05) is 27.2 Å². The van der Waals surface area contributed by atoms with Crippen molar-refractivity contribution in [1.29, 1.82) is 0 Å². The Balaban J connectivity index is 2.28. The van der Waals surface area contributed by atoms with Gasteiger partial charge in [-0.3, -0.25) is 4.79 Å². The minimum Gasteiger partial charge on any atom is -0.352 e. The molecule has 4 heteroatoms. The van der Waals surface area contributed by atoms with E-state index in [1.807, 2.05) is 19.0 Å². The number of nitrogens with two attached hydrogens (primary N) is 1. The van der Waals surface area contributed by atoms with Gasteiger partial charge in [0, 0.05) is 25.6 Å². The Labute approximate surface area is 98.6 Å². The fraction of sp³-hybridized carbons (Fsp3) is 0.917. The zero-order valence-corrected chi connectivity index (χ0v) is 10.5. The van der Waals surface area contributed by atoms with E-state index in [0.29, 0.717) is 18.9 Å². The molecule has 1 atom stereocenters. The number of hydrogen-bond donors (Lipinski definition) is 2. The molecule has 0 aromatic rings. The van der Waals surface area contributed by atoms with E-state index in [-0.39, 0.29) is 11.9 Å². The van der Waals surface area contributed by atoms with Crippen molar-refractivity contribution in [1.82, 2.24) is 10.2 Å². The molecule has 94 valence electrons. The van der Waals surface area contributed by atoms with Gasteiger partial charge in [0.15, 0.2) is 0 Å². The Hall–Kier alpha value is -0.610. The Bertz CT molecular complexity index is 212. The molecule has 1 aliphatic rings. The quantitative estimate of drug-likeness (QED) is 0.697. The second-order valence-electron chi connectivity index (χ2n) is 5.01. The van der Waals surface area contributed by atoms with Crippen molar-refractivity contribution in [3.05, 3.63) is 0 Å². The number of nitrogens with one attached hydrogen (secondary N) is 1. The van der Waals surface area contributed by atoms with Crippen LogP contribution in [0.2, 0.25) is 0 Å². The second-order valence-corrected chi connectivity index (χ2v) is 5.01. The molecule has 1 aliphatic carbocycles. The molecule has 3 N–H and O–H groups in total. The highest BCUT2D eigenvalue weighted by Gasteiger charge is 2.24. The van der Waals surface area contributed by atoms with Gasteiger partial charge in [-0.05, 0) is 32.9 Å². The van der Waals surface area contributed by atoms with Crippen LogP contribution in [0.1, 0.15) is 32.1 Å². The van der Waals surface area contributed by atoms with Crippen LogP contribution in [0.5, 0.6) is 0 Å². The molecular formula is C12H25N3O. The predicted molar refractivity (Wildman–Crippen MR) is 66.1 cm³/mol. The SMILES string of the molecule is CN(C)CCC(=O)NC(CN)C1CCCC1. The van der Waals surface area contributed by atoms with Crippen LogP contribution in [0.3, 0.4) is 0 Å². The Morgan fingerprint density at radius 2 is 2.06 bits per heavy atom. The van der Waals surface area contributed by atoms with E-state index in [1.54, 1.807) is 0 Å². The van der Waals surface area contributed by atoms with Crippen LogP contribution >= 0.6 is 0 Å². The molecule has 0 aromatic carbocycles. The first-order valence-electron chi connectivity index (χ1n) is 6.27. The third-order valence-electron chi connectivity index (χ3n) is 3.36. The minimum atomic E-state index is 0.135. The molecule has 1 rings (SSSR count). The second kappa shape index (κ2) is 6.86. The molecule has 1 fully saturated rings. The van der Waals surface area contributed by atoms with Crippen LogP contribution in [-0.4, -0.2) is 44.0 Å². The molecule has 16 heavy (non-hydrogen) atoms. The number of hydrogen-bond acceptors (Lipinski definition) is 3. The molecule has 0 saturated heterocycles. The molecule has 0 aliphatic heterocycles. The van der Waals surface area contributed by atoms with E-state index >= 15 is 0 Å². The van der Waals surface area contributed by atoms with Gasteiger partial charge < -0.3 is 16.0 Å². The summed E-state index contributed by atoms with van der Waals surface area (Å²) in [6, 6.07) is 0.192. The summed E-state index contributed by atoms with van der Waals surface area (Å²) in [6.07, 6.45) is 5.57. The molecule has 0 radical (unpaired) electrons. The molecule has 0 bridgehead atoms. The van der Waals surface area contributed by atoms with Gasteiger partial charge in [-0.25, -0.2) is 0 Å². The molecule has 1 saturated carbocycles. The molecular weight excluding hydrogens is 202 g/mol. The maximum absolute atomic E-state index is 11.7. The van der Waals surface area contributed by atoms with Crippen molar-refractivity contribution in [2.45, 2.75) is 38.1 Å². The summed E-state index contributed by atoms with van der Waals surface area (Å²) in [5, 5.41) is 3.07. The lowest BCUT2D eigenvalue weighted by molar-refractivity contribution is -0.122. The number of amides is 1. The Kier molecular flexibility index (Phi) is 5.77. The average molecular weight is 227 g/mol. The van der Waals surface area contributed by atoms with Gasteiger partial charge in [0.1, 0.15) is 0 Å². The first-order chi connectivity index (χ1) is 7.63. The van der Waals surface area contributed by atoms with Crippen molar-refractivity contribution >= 4 is 5.91 Å². The van der Waals surface area contributed by atoms with Gasteiger partial charge in [0.05, 0.1) is 0 Å². The lowest BCUT2D eigenvalue weighted by Crippen LogP contribution is -2.45. The summed E-state index contributed by atoms with van der Waals surface area (Å²) in [7, 11) is 3.95. The standard InChI is InChI=1S/C12H25N3O/c1-15(2)8-7-12(16)14-11(9-13)10-5-3-4-6-10/h10-11H,3-9,13H2,1-2H3,(H,14,16). The number of carbonyl (C=O) groups is 1. The van der Waals surface area contributed by atoms with Gasteiger partial charge in [-0.1, -0.05) is 12.8 Å². The van der Waals surface area contributed by atoms with Crippen LogP contribution in [0.25, 0.3) is 0 Å². The van der Waals surface area contributed by atoms with E-state index in [9.17, 15) is 4.79 Å². The van der Waals surface area contributed by atoms with E-state index in [2.05, 4.69) is 5.32 Å². The van der Waals surface area contributed by atoms with Crippen molar-refractivity contribution in [2.24, 2.45) is 11.7 Å². The first-order valence-corrected chi connectivity index (χ1v) is 6.27. The summed E-state index contributed by atoms with van der Waals surface area (Å²) >= 11 is 0. The lowest BCUT2D eigenvalue weighted by atomic mass is 9.98. The third-order valence-corrected chi connectivity index (χ3v) is 3.36. The molecule has 0 aromatic heterocycles. The van der Waals surface area contributed by atoms with E-state index in [1.165, 1.54) is 25.7 Å². The van der Waals surface area contributed by atoms with E-state index in [4.69, 9.17) is 5.73 Å². The maximum Gasteiger partial charge on any atom is 0.221 e. The zero-order valence-electron chi connectivity index (χ0n) is 10.5. The fourth-order valence-electron chi connectivity index (χ4n) is 2.33. The highest BCUT2D eigenvalue weighted by atomic mass is 16.1. The zero-order chi connectivity index (χ0) is 12.0. The van der Waals surface area contributed by atoms with Crippen molar-refractivity contribution < 1.29 is 4.79 Å². The monoisotopic (exact) mass is 227 g/mol. The summed E-state index contributed by atoms with van der Waals surface area (Å²) in [5.74, 6) is 0.740. The lowest BCUT2D eigenvalue weighted by Gasteiger charge is -2.23. The molecule has 0 heterocycles. The fourth-order valence-corrected chi connectivity index (χ4v) is 2.33. The normalized spacial score (nSPS) is 19.0. The molecule has 0 spiro atoms. The van der Waals surface area contributed by atoms with Gasteiger partial charge >= 0.3 is 0 Å². The Morgan fingerprint density at radius 3 is 2.56 bits per heavy atom. The molecule has 1 unspecified atom stereocenters. The summed E-state index contributed by atoms with van der Waals surface area (Å²) in [6.45, 7) is 1.37. The molecule has 4 nitrogen and oxygen atoms in total. The van der Waals surface area contributed by atoms with Crippen LogP contribution in [0.4, 0.5) is 0 Å². The number of carbonyl (C=O) groups excluding carboxylic acids is 1. The highest BCUT2D eigenvalue weighted by molar-refractivity contribution is 5.76. The van der Waals surface area contributed by atoms with Crippen LogP contribution in [-0.2, 0) is 4.79 Å².